The second-order valence-corrected chi connectivity index (χ2v) is 9.78. The molecule has 1 aromatic carbocycles. The first-order valence-corrected chi connectivity index (χ1v) is 11.3. The third-order valence-electron chi connectivity index (χ3n) is 5.18. The molecule has 1 saturated heterocycles. The van der Waals surface area contributed by atoms with Gasteiger partial charge in [0.05, 0.1) is 0 Å². The van der Waals surface area contributed by atoms with Crippen LogP contribution in [0.25, 0.3) is 0 Å². The summed E-state index contributed by atoms with van der Waals surface area (Å²) in [6.07, 6.45) is 1.60. The van der Waals surface area contributed by atoms with Crippen molar-refractivity contribution in [2.45, 2.75) is 71.1 Å². The van der Waals surface area contributed by atoms with Crippen molar-refractivity contribution in [3.63, 3.8) is 0 Å². The molecule has 3 amide bonds. The largest absolute Gasteiger partial charge is 0.444 e. The van der Waals surface area contributed by atoms with Crippen LogP contribution in [0.5, 0.6) is 0 Å². The number of nitrogens with zero attached hydrogens (tertiary/aromatic N) is 1. The number of hydrogen-bond donors (Lipinski definition) is 2. The van der Waals surface area contributed by atoms with E-state index in [4.69, 9.17) is 10.5 Å². The highest BCUT2D eigenvalue weighted by atomic mass is 79.9. The molecule has 1 fully saturated rings. The lowest BCUT2D eigenvalue weighted by molar-refractivity contribution is -0.131. The van der Waals surface area contributed by atoms with Crippen molar-refractivity contribution in [2.24, 2.45) is 11.7 Å². The molecule has 0 bridgehead atoms. The molecule has 1 aromatic rings. The van der Waals surface area contributed by atoms with Gasteiger partial charge in [-0.05, 0) is 57.2 Å². The smallest absolute Gasteiger partial charge is 0.410 e. The predicted molar refractivity (Wildman–Crippen MR) is 119 cm³/mol. The van der Waals surface area contributed by atoms with Crippen LogP contribution in [0.3, 0.4) is 0 Å². The van der Waals surface area contributed by atoms with Gasteiger partial charge in [-0.3, -0.25) is 14.5 Å². The SMILES string of the molecule is CCC[C@H]1CCN(C(=O)OC(C)(C)C)[C@@H]1C(=O)N[C@@H](Cc1ccc(Br)cc1F)C(N)=O. The fourth-order valence-electron chi connectivity index (χ4n) is 3.80. The Labute approximate surface area is 191 Å². The molecular weight excluding hydrogens is 469 g/mol. The second-order valence-electron chi connectivity index (χ2n) is 8.86. The van der Waals surface area contributed by atoms with Gasteiger partial charge in [-0.2, -0.15) is 0 Å². The summed E-state index contributed by atoms with van der Waals surface area (Å²) in [6, 6.07) is 2.59. The zero-order valence-electron chi connectivity index (χ0n) is 18.4. The molecular formula is C22H31BrFN3O4. The number of hydrogen-bond acceptors (Lipinski definition) is 4. The normalized spacial score (nSPS) is 19.7. The first-order chi connectivity index (χ1) is 14.4. The zero-order valence-corrected chi connectivity index (χ0v) is 20.0. The molecule has 0 aromatic heterocycles. The number of amides is 3. The summed E-state index contributed by atoms with van der Waals surface area (Å²) in [6.45, 7) is 7.67. The van der Waals surface area contributed by atoms with Crippen LogP contribution in [0.15, 0.2) is 22.7 Å². The Kier molecular flexibility index (Phi) is 8.45. The standard InChI is InChI=1S/C22H31BrFN3O4/c1-5-6-13-9-10-27(21(30)31-22(2,3)4)18(13)20(29)26-17(19(25)28)11-14-7-8-15(23)12-16(14)24/h7-8,12-13,17-18H,5-6,9-11H2,1-4H3,(H2,25,28)(H,26,29)/t13-,17-,18-/m0/s1. The van der Waals surface area contributed by atoms with E-state index in [2.05, 4.69) is 21.2 Å². The lowest BCUT2D eigenvalue weighted by atomic mass is 9.94. The zero-order chi connectivity index (χ0) is 23.3. The van der Waals surface area contributed by atoms with Crippen molar-refractivity contribution >= 4 is 33.8 Å². The molecule has 0 unspecified atom stereocenters. The summed E-state index contributed by atoms with van der Waals surface area (Å²) in [5.74, 6) is -1.82. The highest BCUT2D eigenvalue weighted by Gasteiger charge is 2.43. The maximum Gasteiger partial charge on any atom is 0.410 e. The Hall–Kier alpha value is -2.16. The van der Waals surface area contributed by atoms with Gasteiger partial charge in [-0.25, -0.2) is 9.18 Å². The topological polar surface area (TPSA) is 102 Å². The van der Waals surface area contributed by atoms with Crippen molar-refractivity contribution in [2.75, 3.05) is 6.54 Å². The van der Waals surface area contributed by atoms with Crippen molar-refractivity contribution in [1.29, 1.82) is 0 Å². The van der Waals surface area contributed by atoms with E-state index in [-0.39, 0.29) is 17.9 Å². The fraction of sp³-hybridized carbons (Fsp3) is 0.591. The van der Waals surface area contributed by atoms with E-state index in [1.54, 1.807) is 26.8 Å². The second kappa shape index (κ2) is 10.4. The van der Waals surface area contributed by atoms with Gasteiger partial charge < -0.3 is 15.8 Å². The molecule has 0 aliphatic carbocycles. The van der Waals surface area contributed by atoms with E-state index in [0.29, 0.717) is 17.4 Å². The molecule has 3 atom stereocenters. The van der Waals surface area contributed by atoms with Crippen LogP contribution in [-0.4, -0.2) is 47.0 Å². The van der Waals surface area contributed by atoms with Gasteiger partial charge in [-0.15, -0.1) is 0 Å². The number of ether oxygens (including phenoxy) is 1. The van der Waals surface area contributed by atoms with Gasteiger partial charge in [0, 0.05) is 17.4 Å². The van der Waals surface area contributed by atoms with E-state index in [1.165, 1.54) is 17.0 Å². The number of likely N-dealkylation sites (tertiary alicyclic amines) is 1. The van der Waals surface area contributed by atoms with Crippen LogP contribution < -0.4 is 11.1 Å². The van der Waals surface area contributed by atoms with Gasteiger partial charge in [0.25, 0.3) is 0 Å². The summed E-state index contributed by atoms with van der Waals surface area (Å²) in [4.78, 5) is 39.3. The highest BCUT2D eigenvalue weighted by Crippen LogP contribution is 2.30. The molecule has 0 saturated carbocycles. The minimum absolute atomic E-state index is 0.0598. The Bertz CT molecular complexity index is 827. The van der Waals surface area contributed by atoms with E-state index in [9.17, 15) is 18.8 Å². The van der Waals surface area contributed by atoms with E-state index in [0.717, 1.165) is 12.8 Å². The van der Waals surface area contributed by atoms with Gasteiger partial charge >= 0.3 is 6.09 Å². The minimum atomic E-state index is -1.11. The molecule has 0 spiro atoms. The lowest BCUT2D eigenvalue weighted by Crippen LogP contribution is -2.55. The molecule has 31 heavy (non-hydrogen) atoms. The summed E-state index contributed by atoms with van der Waals surface area (Å²) in [5.41, 5.74) is 5.05. The average molecular weight is 500 g/mol. The summed E-state index contributed by atoms with van der Waals surface area (Å²) in [5, 5.41) is 2.64. The van der Waals surface area contributed by atoms with Crippen LogP contribution >= 0.6 is 15.9 Å². The number of carbonyl (C=O) groups excluding carboxylic acids is 3. The number of primary amides is 1. The van der Waals surface area contributed by atoms with Crippen LogP contribution in [0.4, 0.5) is 9.18 Å². The van der Waals surface area contributed by atoms with Gasteiger partial charge in [-0.1, -0.05) is 35.3 Å². The Morgan fingerprint density at radius 1 is 1.35 bits per heavy atom. The summed E-state index contributed by atoms with van der Waals surface area (Å²) in [7, 11) is 0. The molecule has 1 heterocycles. The Morgan fingerprint density at radius 3 is 2.58 bits per heavy atom. The third kappa shape index (κ3) is 6.92. The minimum Gasteiger partial charge on any atom is -0.444 e. The van der Waals surface area contributed by atoms with Crippen LogP contribution in [0, 0.1) is 11.7 Å². The average Bonchev–Trinajstić information content (AvgIpc) is 3.06. The first-order valence-electron chi connectivity index (χ1n) is 10.5. The molecule has 3 N–H and O–H groups in total. The monoisotopic (exact) mass is 499 g/mol. The van der Waals surface area contributed by atoms with Gasteiger partial charge in [0.15, 0.2) is 0 Å². The first kappa shape index (κ1) is 25.1. The number of halogens is 2. The predicted octanol–water partition coefficient (Wildman–Crippen LogP) is 3.53. The summed E-state index contributed by atoms with van der Waals surface area (Å²) >= 11 is 3.19. The fourth-order valence-corrected chi connectivity index (χ4v) is 4.13. The van der Waals surface area contributed by atoms with Crippen molar-refractivity contribution in [1.82, 2.24) is 10.2 Å². The number of nitrogens with one attached hydrogen (secondary N) is 1. The quantitative estimate of drug-likeness (QED) is 0.598. The lowest BCUT2D eigenvalue weighted by Gasteiger charge is -2.30. The van der Waals surface area contributed by atoms with Crippen molar-refractivity contribution < 1.29 is 23.5 Å². The van der Waals surface area contributed by atoms with E-state index in [1.807, 2.05) is 6.92 Å². The van der Waals surface area contributed by atoms with Gasteiger partial charge in [0.2, 0.25) is 11.8 Å². The highest BCUT2D eigenvalue weighted by molar-refractivity contribution is 9.10. The Balaban J connectivity index is 2.21. The Morgan fingerprint density at radius 2 is 2.03 bits per heavy atom. The molecule has 172 valence electrons. The molecule has 0 radical (unpaired) electrons. The summed E-state index contributed by atoms with van der Waals surface area (Å²) < 4.78 is 20.3. The van der Waals surface area contributed by atoms with Crippen LogP contribution in [-0.2, 0) is 20.7 Å². The van der Waals surface area contributed by atoms with E-state index < -0.39 is 41.4 Å². The molecule has 9 heteroatoms. The van der Waals surface area contributed by atoms with Crippen LogP contribution in [0.1, 0.15) is 52.5 Å². The van der Waals surface area contributed by atoms with Crippen molar-refractivity contribution in [3.05, 3.63) is 34.1 Å². The number of nitrogens with two attached hydrogens (primary N) is 1. The number of rotatable bonds is 7. The van der Waals surface area contributed by atoms with Crippen LogP contribution in [0.2, 0.25) is 0 Å². The molecule has 2 rings (SSSR count). The number of benzene rings is 1. The third-order valence-corrected chi connectivity index (χ3v) is 5.67. The van der Waals surface area contributed by atoms with E-state index >= 15 is 0 Å². The van der Waals surface area contributed by atoms with Gasteiger partial charge in [0.1, 0.15) is 23.5 Å². The molecule has 1 aliphatic rings. The number of carbonyl (C=O) groups is 3. The van der Waals surface area contributed by atoms with Crippen molar-refractivity contribution in [3.8, 4) is 0 Å². The molecule has 7 nitrogen and oxygen atoms in total. The maximum atomic E-state index is 14.2. The maximum absolute atomic E-state index is 14.2. The molecule has 1 aliphatic heterocycles.